The monoisotopic (exact) mass is 281 g/mol. The number of rotatable bonds is 2. The summed E-state index contributed by atoms with van der Waals surface area (Å²) < 4.78 is 0. The minimum atomic E-state index is -0.312. The van der Waals surface area contributed by atoms with Crippen LogP contribution < -0.4 is 0 Å². The largest absolute Gasteiger partial charge is 0.342 e. The van der Waals surface area contributed by atoms with E-state index in [4.69, 9.17) is 0 Å². The Morgan fingerprint density at radius 3 is 1.90 bits per heavy atom. The summed E-state index contributed by atoms with van der Waals surface area (Å²) in [5.41, 5.74) is -0.312. The topological polar surface area (TPSA) is 43.9 Å². The van der Waals surface area contributed by atoms with Crippen molar-refractivity contribution in [1.29, 1.82) is 0 Å². The highest BCUT2D eigenvalue weighted by atomic mass is 16.2. The average molecular weight is 281 g/mol. The molecule has 20 heavy (non-hydrogen) atoms. The predicted molar refractivity (Wildman–Crippen MR) is 78.3 cm³/mol. The average Bonchev–Trinajstić information content (AvgIpc) is 2.91. The van der Waals surface area contributed by atoms with Crippen LogP contribution in [-0.4, -0.2) is 72.3 Å². The van der Waals surface area contributed by atoms with Crippen molar-refractivity contribution >= 4 is 11.8 Å². The highest BCUT2D eigenvalue weighted by molar-refractivity contribution is 5.81. The Morgan fingerprint density at radius 2 is 1.40 bits per heavy atom. The number of amides is 2. The second-order valence-corrected chi connectivity index (χ2v) is 6.91. The van der Waals surface area contributed by atoms with Crippen molar-refractivity contribution in [2.75, 3.05) is 45.8 Å². The lowest BCUT2D eigenvalue weighted by molar-refractivity contribution is -0.141. The van der Waals surface area contributed by atoms with Gasteiger partial charge in [-0.15, -0.1) is 0 Å². The molecule has 5 nitrogen and oxygen atoms in total. The van der Waals surface area contributed by atoms with Crippen LogP contribution in [0, 0.1) is 5.41 Å². The minimum absolute atomic E-state index is 0.211. The van der Waals surface area contributed by atoms with Gasteiger partial charge in [-0.3, -0.25) is 14.5 Å². The van der Waals surface area contributed by atoms with Crippen molar-refractivity contribution in [2.24, 2.45) is 5.41 Å². The van der Waals surface area contributed by atoms with Crippen molar-refractivity contribution in [3.05, 3.63) is 0 Å². The Balaban J connectivity index is 1.77. The Labute approximate surface area is 121 Å². The van der Waals surface area contributed by atoms with Crippen LogP contribution in [0.4, 0.5) is 0 Å². The maximum atomic E-state index is 12.2. The number of piperazine rings is 1. The predicted octanol–water partition coefficient (Wildman–Crippen LogP) is 0.799. The van der Waals surface area contributed by atoms with Gasteiger partial charge in [-0.2, -0.15) is 0 Å². The molecule has 0 aromatic rings. The third kappa shape index (κ3) is 3.72. The summed E-state index contributed by atoms with van der Waals surface area (Å²) in [6, 6.07) is 0. The van der Waals surface area contributed by atoms with Gasteiger partial charge < -0.3 is 9.80 Å². The fourth-order valence-electron chi connectivity index (χ4n) is 2.84. The fourth-order valence-corrected chi connectivity index (χ4v) is 2.84. The Kier molecular flexibility index (Phi) is 4.68. The van der Waals surface area contributed by atoms with Gasteiger partial charge in [0.15, 0.2) is 0 Å². The molecule has 0 atom stereocenters. The zero-order chi connectivity index (χ0) is 14.8. The van der Waals surface area contributed by atoms with Gasteiger partial charge in [0, 0.05) is 44.7 Å². The van der Waals surface area contributed by atoms with Crippen LogP contribution in [0.2, 0.25) is 0 Å². The van der Waals surface area contributed by atoms with Crippen molar-refractivity contribution in [3.8, 4) is 0 Å². The normalized spacial score (nSPS) is 21.4. The number of hydrogen-bond donors (Lipinski definition) is 0. The van der Waals surface area contributed by atoms with Crippen LogP contribution in [0.25, 0.3) is 0 Å². The van der Waals surface area contributed by atoms with Gasteiger partial charge in [-0.05, 0) is 12.8 Å². The summed E-state index contributed by atoms with van der Waals surface area (Å²) in [5, 5.41) is 0. The number of hydrogen-bond acceptors (Lipinski definition) is 3. The van der Waals surface area contributed by atoms with E-state index in [-0.39, 0.29) is 17.2 Å². The molecule has 5 heteroatoms. The molecule has 2 saturated heterocycles. The first-order chi connectivity index (χ1) is 9.38. The molecule has 0 aromatic carbocycles. The third-order valence-corrected chi connectivity index (χ3v) is 4.12. The third-order valence-electron chi connectivity index (χ3n) is 4.12. The van der Waals surface area contributed by atoms with E-state index in [2.05, 4.69) is 4.90 Å². The molecule has 2 aliphatic rings. The van der Waals surface area contributed by atoms with E-state index in [9.17, 15) is 9.59 Å². The van der Waals surface area contributed by atoms with Gasteiger partial charge in [0.1, 0.15) is 0 Å². The van der Waals surface area contributed by atoms with Crippen molar-refractivity contribution in [3.63, 3.8) is 0 Å². The van der Waals surface area contributed by atoms with Crippen molar-refractivity contribution in [2.45, 2.75) is 33.6 Å². The zero-order valence-corrected chi connectivity index (χ0v) is 13.0. The van der Waals surface area contributed by atoms with Crippen LogP contribution in [0.15, 0.2) is 0 Å². The fraction of sp³-hybridized carbons (Fsp3) is 0.867. The lowest BCUT2D eigenvalue weighted by Crippen LogP contribution is -2.53. The molecule has 2 amide bonds. The maximum Gasteiger partial charge on any atom is 0.236 e. The molecule has 2 heterocycles. The lowest BCUT2D eigenvalue weighted by Gasteiger charge is -2.37. The molecule has 0 aliphatic carbocycles. The molecular formula is C15H27N3O2. The number of nitrogens with zero attached hydrogens (tertiary/aromatic N) is 3. The summed E-state index contributed by atoms with van der Waals surface area (Å²) >= 11 is 0. The SMILES string of the molecule is CC(C)(C)C(=O)N1CCN(CC(=O)N2CCCC2)CC1. The van der Waals surface area contributed by atoms with Crippen LogP contribution >= 0.6 is 0 Å². The smallest absolute Gasteiger partial charge is 0.236 e. The molecule has 0 unspecified atom stereocenters. The van der Waals surface area contributed by atoms with E-state index in [1.807, 2.05) is 30.6 Å². The van der Waals surface area contributed by atoms with E-state index in [1.54, 1.807) is 0 Å². The highest BCUT2D eigenvalue weighted by Crippen LogP contribution is 2.18. The van der Waals surface area contributed by atoms with Crippen LogP contribution in [0.5, 0.6) is 0 Å². The number of carbonyl (C=O) groups excluding carboxylic acids is 2. The standard InChI is InChI=1S/C15H27N3O2/c1-15(2,3)14(20)18-10-8-16(9-11-18)12-13(19)17-6-4-5-7-17/h4-12H2,1-3H3. The molecule has 2 rings (SSSR count). The van der Waals surface area contributed by atoms with E-state index in [1.165, 1.54) is 0 Å². The maximum absolute atomic E-state index is 12.2. The summed E-state index contributed by atoms with van der Waals surface area (Å²) in [6.07, 6.45) is 2.28. The van der Waals surface area contributed by atoms with Crippen molar-refractivity contribution in [1.82, 2.24) is 14.7 Å². The highest BCUT2D eigenvalue weighted by Gasteiger charge is 2.30. The van der Waals surface area contributed by atoms with Gasteiger partial charge in [0.2, 0.25) is 11.8 Å². The van der Waals surface area contributed by atoms with Gasteiger partial charge in [0.05, 0.1) is 6.54 Å². The summed E-state index contributed by atoms with van der Waals surface area (Å²) in [6.45, 7) is 11.3. The summed E-state index contributed by atoms with van der Waals surface area (Å²) in [4.78, 5) is 30.3. The Morgan fingerprint density at radius 1 is 0.850 bits per heavy atom. The van der Waals surface area contributed by atoms with Crippen LogP contribution in [0.1, 0.15) is 33.6 Å². The van der Waals surface area contributed by atoms with Gasteiger partial charge in [0.25, 0.3) is 0 Å². The second kappa shape index (κ2) is 6.12. The molecule has 2 aliphatic heterocycles. The number of carbonyl (C=O) groups is 2. The zero-order valence-electron chi connectivity index (χ0n) is 13.0. The molecule has 0 saturated carbocycles. The summed E-state index contributed by atoms with van der Waals surface area (Å²) in [7, 11) is 0. The molecule has 114 valence electrons. The van der Waals surface area contributed by atoms with Crippen molar-refractivity contribution < 1.29 is 9.59 Å². The van der Waals surface area contributed by atoms with E-state index < -0.39 is 0 Å². The van der Waals surface area contributed by atoms with Gasteiger partial charge in [-0.1, -0.05) is 20.8 Å². The molecule has 0 aromatic heterocycles. The van der Waals surface area contributed by atoms with Gasteiger partial charge in [-0.25, -0.2) is 0 Å². The number of likely N-dealkylation sites (tertiary alicyclic amines) is 1. The Hall–Kier alpha value is -1.10. The molecular weight excluding hydrogens is 254 g/mol. The minimum Gasteiger partial charge on any atom is -0.342 e. The molecule has 0 bridgehead atoms. The second-order valence-electron chi connectivity index (χ2n) is 6.91. The Bertz CT molecular complexity index is 362. The van der Waals surface area contributed by atoms with Gasteiger partial charge >= 0.3 is 0 Å². The first-order valence-electron chi connectivity index (χ1n) is 7.67. The lowest BCUT2D eigenvalue weighted by atomic mass is 9.94. The van der Waals surface area contributed by atoms with E-state index >= 15 is 0 Å². The molecule has 0 N–H and O–H groups in total. The van der Waals surface area contributed by atoms with E-state index in [0.717, 1.165) is 52.1 Å². The van der Waals surface area contributed by atoms with E-state index in [0.29, 0.717) is 6.54 Å². The molecule has 0 radical (unpaired) electrons. The molecule has 2 fully saturated rings. The first-order valence-corrected chi connectivity index (χ1v) is 7.67. The molecule has 0 spiro atoms. The van der Waals surface area contributed by atoms with Crippen LogP contribution in [0.3, 0.4) is 0 Å². The first kappa shape index (κ1) is 15.3. The van der Waals surface area contributed by atoms with Crippen LogP contribution in [-0.2, 0) is 9.59 Å². The quantitative estimate of drug-likeness (QED) is 0.752. The summed E-state index contributed by atoms with van der Waals surface area (Å²) in [5.74, 6) is 0.459.